The van der Waals surface area contributed by atoms with E-state index in [0.29, 0.717) is 16.0 Å². The molecular formula is C14H8ClN3O2. The molecule has 2 heterocycles. The van der Waals surface area contributed by atoms with E-state index in [4.69, 9.17) is 27.0 Å². The van der Waals surface area contributed by atoms with Crippen LogP contribution in [0.5, 0.6) is 0 Å². The highest BCUT2D eigenvalue weighted by atomic mass is 35.5. The lowest BCUT2D eigenvalue weighted by Gasteiger charge is -2.04. The summed E-state index contributed by atoms with van der Waals surface area (Å²) < 4.78 is 5.58. The van der Waals surface area contributed by atoms with Crippen LogP contribution in [-0.4, -0.2) is 4.98 Å². The van der Waals surface area contributed by atoms with Crippen molar-refractivity contribution in [1.29, 1.82) is 5.26 Å². The fourth-order valence-corrected chi connectivity index (χ4v) is 2.17. The molecular weight excluding hydrogens is 278 g/mol. The van der Waals surface area contributed by atoms with Crippen molar-refractivity contribution in [3.63, 3.8) is 0 Å². The standard InChI is InChI=1S/C14H8ClN3O2/c1-6-2-11-8(4-10(6)15)12(19)9-3-7(5-16)13(17)18-14(9)20-11/h2-4H,1H3,(H2,17,18). The Morgan fingerprint density at radius 2 is 2.10 bits per heavy atom. The van der Waals surface area contributed by atoms with Gasteiger partial charge in [-0.3, -0.25) is 4.79 Å². The van der Waals surface area contributed by atoms with Gasteiger partial charge >= 0.3 is 0 Å². The average Bonchev–Trinajstić information content (AvgIpc) is 2.41. The number of halogens is 1. The van der Waals surface area contributed by atoms with Gasteiger partial charge in [0.2, 0.25) is 11.1 Å². The Hall–Kier alpha value is -2.58. The number of nitrogens with two attached hydrogens (primary N) is 1. The zero-order valence-corrected chi connectivity index (χ0v) is 11.2. The minimum atomic E-state index is -0.285. The topological polar surface area (TPSA) is 92.9 Å². The summed E-state index contributed by atoms with van der Waals surface area (Å²) in [5, 5.41) is 9.98. The second kappa shape index (κ2) is 4.22. The number of nitrogen functional groups attached to an aromatic ring is 1. The summed E-state index contributed by atoms with van der Waals surface area (Å²) in [6, 6.07) is 6.51. The summed E-state index contributed by atoms with van der Waals surface area (Å²) in [7, 11) is 0. The van der Waals surface area contributed by atoms with Gasteiger partial charge < -0.3 is 10.2 Å². The lowest BCUT2D eigenvalue weighted by Crippen LogP contribution is -2.06. The van der Waals surface area contributed by atoms with E-state index in [-0.39, 0.29) is 27.9 Å². The van der Waals surface area contributed by atoms with Crippen LogP contribution in [0.2, 0.25) is 5.02 Å². The van der Waals surface area contributed by atoms with Gasteiger partial charge in [-0.1, -0.05) is 11.6 Å². The van der Waals surface area contributed by atoms with Crippen LogP contribution in [0.4, 0.5) is 5.82 Å². The first-order valence-electron chi connectivity index (χ1n) is 5.74. The molecule has 0 unspecified atom stereocenters. The lowest BCUT2D eigenvalue weighted by molar-refractivity contribution is 0.645. The zero-order valence-electron chi connectivity index (χ0n) is 10.4. The predicted molar refractivity (Wildman–Crippen MR) is 76.7 cm³/mol. The quantitative estimate of drug-likeness (QED) is 0.641. The van der Waals surface area contributed by atoms with Crippen molar-refractivity contribution >= 4 is 39.5 Å². The van der Waals surface area contributed by atoms with E-state index in [1.807, 2.05) is 13.0 Å². The molecule has 98 valence electrons. The van der Waals surface area contributed by atoms with Crippen LogP contribution in [0.25, 0.3) is 22.1 Å². The minimum absolute atomic E-state index is 0.0354. The third-order valence-electron chi connectivity index (χ3n) is 3.09. The maximum atomic E-state index is 12.4. The Labute approximate surface area is 118 Å². The van der Waals surface area contributed by atoms with E-state index in [1.54, 1.807) is 12.1 Å². The smallest absolute Gasteiger partial charge is 0.232 e. The summed E-state index contributed by atoms with van der Waals surface area (Å²) in [5.74, 6) is 0.0354. The molecule has 0 radical (unpaired) electrons. The number of hydrogen-bond acceptors (Lipinski definition) is 5. The maximum absolute atomic E-state index is 12.4. The number of pyridine rings is 1. The summed E-state index contributed by atoms with van der Waals surface area (Å²) in [5.41, 5.74) is 6.78. The molecule has 3 rings (SSSR count). The lowest BCUT2D eigenvalue weighted by atomic mass is 10.1. The highest BCUT2D eigenvalue weighted by Crippen LogP contribution is 2.25. The van der Waals surface area contributed by atoms with Crippen LogP contribution < -0.4 is 11.2 Å². The van der Waals surface area contributed by atoms with Gasteiger partial charge in [-0.05, 0) is 30.7 Å². The third-order valence-corrected chi connectivity index (χ3v) is 3.50. The fraction of sp³-hybridized carbons (Fsp3) is 0.0714. The van der Waals surface area contributed by atoms with Gasteiger partial charge in [0, 0.05) is 5.02 Å². The van der Waals surface area contributed by atoms with Gasteiger partial charge in [0.25, 0.3) is 0 Å². The molecule has 2 aromatic heterocycles. The molecule has 20 heavy (non-hydrogen) atoms. The Morgan fingerprint density at radius 3 is 2.80 bits per heavy atom. The first-order chi connectivity index (χ1) is 9.51. The number of anilines is 1. The normalized spacial score (nSPS) is 10.8. The molecule has 0 amide bonds. The number of rotatable bonds is 0. The first kappa shape index (κ1) is 12.5. The van der Waals surface area contributed by atoms with Crippen molar-refractivity contribution in [2.45, 2.75) is 6.92 Å². The molecule has 3 aromatic rings. The molecule has 2 N–H and O–H groups in total. The van der Waals surface area contributed by atoms with Crippen molar-refractivity contribution in [3.05, 3.63) is 44.6 Å². The van der Waals surface area contributed by atoms with E-state index >= 15 is 0 Å². The monoisotopic (exact) mass is 285 g/mol. The summed E-state index contributed by atoms with van der Waals surface area (Å²) in [6.45, 7) is 1.81. The number of nitriles is 1. The highest BCUT2D eigenvalue weighted by molar-refractivity contribution is 6.32. The van der Waals surface area contributed by atoms with E-state index in [1.165, 1.54) is 6.07 Å². The molecule has 0 bridgehead atoms. The Kier molecular flexibility index (Phi) is 2.63. The molecule has 5 nitrogen and oxygen atoms in total. The molecule has 0 aliphatic rings. The van der Waals surface area contributed by atoms with E-state index in [9.17, 15) is 4.79 Å². The van der Waals surface area contributed by atoms with Gasteiger partial charge in [0.05, 0.1) is 16.3 Å². The summed E-state index contributed by atoms with van der Waals surface area (Å²) in [6.07, 6.45) is 0. The number of benzene rings is 1. The summed E-state index contributed by atoms with van der Waals surface area (Å²) in [4.78, 5) is 16.4. The fourth-order valence-electron chi connectivity index (χ4n) is 2.01. The van der Waals surface area contributed by atoms with Gasteiger partial charge in [-0.25, -0.2) is 0 Å². The molecule has 0 saturated carbocycles. The maximum Gasteiger partial charge on any atom is 0.232 e. The SMILES string of the molecule is Cc1cc2oc3nc(N)c(C#N)cc3c(=O)c2cc1Cl. The van der Waals surface area contributed by atoms with Crippen LogP contribution >= 0.6 is 11.6 Å². The van der Waals surface area contributed by atoms with Gasteiger partial charge in [-0.15, -0.1) is 0 Å². The molecule has 0 aliphatic carbocycles. The van der Waals surface area contributed by atoms with E-state index in [0.717, 1.165) is 5.56 Å². The van der Waals surface area contributed by atoms with Crippen LogP contribution in [0.3, 0.4) is 0 Å². The number of fused-ring (bicyclic) bond motifs is 2. The third kappa shape index (κ3) is 1.70. The van der Waals surface area contributed by atoms with Gasteiger partial charge in [0.15, 0.2) is 0 Å². The van der Waals surface area contributed by atoms with Crippen molar-refractivity contribution in [2.24, 2.45) is 0 Å². The second-order valence-electron chi connectivity index (χ2n) is 4.41. The Bertz CT molecular complexity index is 970. The highest BCUT2D eigenvalue weighted by Gasteiger charge is 2.13. The van der Waals surface area contributed by atoms with E-state index in [2.05, 4.69) is 4.98 Å². The van der Waals surface area contributed by atoms with Crippen molar-refractivity contribution < 1.29 is 4.42 Å². The molecule has 6 heteroatoms. The second-order valence-corrected chi connectivity index (χ2v) is 4.82. The largest absolute Gasteiger partial charge is 0.437 e. The van der Waals surface area contributed by atoms with Crippen molar-refractivity contribution in [3.8, 4) is 6.07 Å². The Morgan fingerprint density at radius 1 is 1.35 bits per heavy atom. The zero-order chi connectivity index (χ0) is 14.4. The number of nitrogens with zero attached hydrogens (tertiary/aromatic N) is 2. The molecule has 0 spiro atoms. The van der Waals surface area contributed by atoms with Gasteiger partial charge in [-0.2, -0.15) is 10.2 Å². The van der Waals surface area contributed by atoms with Crippen molar-refractivity contribution in [1.82, 2.24) is 4.98 Å². The molecule has 0 saturated heterocycles. The van der Waals surface area contributed by atoms with Gasteiger partial charge in [0.1, 0.15) is 17.5 Å². The predicted octanol–water partition coefficient (Wildman–Crippen LogP) is 2.76. The summed E-state index contributed by atoms with van der Waals surface area (Å²) >= 11 is 6.03. The molecule has 0 atom stereocenters. The number of hydrogen-bond donors (Lipinski definition) is 1. The van der Waals surface area contributed by atoms with Crippen molar-refractivity contribution in [2.75, 3.05) is 5.73 Å². The minimum Gasteiger partial charge on any atom is -0.437 e. The van der Waals surface area contributed by atoms with Crippen LogP contribution in [0.1, 0.15) is 11.1 Å². The Balaban J connectivity index is 2.55. The molecule has 0 fully saturated rings. The van der Waals surface area contributed by atoms with E-state index < -0.39 is 0 Å². The van der Waals surface area contributed by atoms with Crippen LogP contribution in [-0.2, 0) is 0 Å². The molecule has 0 aliphatic heterocycles. The molecule has 1 aromatic carbocycles. The average molecular weight is 286 g/mol. The number of aromatic nitrogens is 1. The van der Waals surface area contributed by atoms with Crippen LogP contribution in [0.15, 0.2) is 27.4 Å². The van der Waals surface area contributed by atoms with Crippen LogP contribution in [0, 0.1) is 18.3 Å². The first-order valence-corrected chi connectivity index (χ1v) is 6.12. The number of aryl methyl sites for hydroxylation is 1.